The van der Waals surface area contributed by atoms with Gasteiger partial charge in [0.25, 0.3) is 0 Å². The molecule has 0 heterocycles. The van der Waals surface area contributed by atoms with E-state index < -0.39 is 0 Å². The molecule has 1 nitrogen and oxygen atoms in total. The zero-order valence-electron chi connectivity index (χ0n) is 11.0. The molecule has 0 aromatic heterocycles. The molecule has 4 aliphatic carbocycles. The summed E-state index contributed by atoms with van der Waals surface area (Å²) >= 11 is 0. The van der Waals surface area contributed by atoms with E-state index in [2.05, 4.69) is 27.7 Å². The van der Waals surface area contributed by atoms with Crippen LogP contribution < -0.4 is 0 Å². The average Bonchev–Trinajstić information content (AvgIpc) is 2.47. The predicted molar refractivity (Wildman–Crippen MR) is 65.0 cm³/mol. The average molecular weight is 220 g/mol. The first-order valence-electron chi connectivity index (χ1n) is 6.93. The van der Waals surface area contributed by atoms with E-state index in [1.165, 1.54) is 19.3 Å². The first kappa shape index (κ1) is 10.8. The molecule has 4 aliphatic rings. The molecule has 4 fully saturated rings. The van der Waals surface area contributed by atoms with Crippen molar-refractivity contribution in [2.75, 3.05) is 0 Å². The Labute approximate surface area is 99.0 Å². The molecule has 0 unspecified atom stereocenters. The topological polar surface area (TPSA) is 17.1 Å². The summed E-state index contributed by atoms with van der Waals surface area (Å²) in [6.07, 6.45) is 4.84. The SMILES string of the molecule is CC(C)[C@@H]1C[C@]2(C)C(=O)[C@@]3(C)CC[C@@H]2[C@@H]1C3. The predicted octanol–water partition coefficient (Wildman–Crippen LogP) is 3.67. The molecular formula is C15H24O. The second kappa shape index (κ2) is 2.91. The maximum atomic E-state index is 12.7. The van der Waals surface area contributed by atoms with E-state index in [0.717, 1.165) is 24.2 Å². The van der Waals surface area contributed by atoms with Gasteiger partial charge in [0.2, 0.25) is 0 Å². The normalized spacial score (nSPS) is 55.1. The minimum absolute atomic E-state index is 0.0395. The first-order chi connectivity index (χ1) is 7.38. The van der Waals surface area contributed by atoms with Crippen LogP contribution >= 0.6 is 0 Å². The van der Waals surface area contributed by atoms with Crippen molar-refractivity contribution in [1.82, 2.24) is 0 Å². The van der Waals surface area contributed by atoms with Crippen LogP contribution in [-0.2, 0) is 4.79 Å². The van der Waals surface area contributed by atoms with Gasteiger partial charge in [-0.25, -0.2) is 0 Å². The number of ketones is 1. The van der Waals surface area contributed by atoms with Crippen LogP contribution in [0.1, 0.15) is 53.4 Å². The van der Waals surface area contributed by atoms with Crippen molar-refractivity contribution in [2.45, 2.75) is 53.4 Å². The molecule has 1 heteroatoms. The highest BCUT2D eigenvalue weighted by molar-refractivity contribution is 5.92. The van der Waals surface area contributed by atoms with Crippen LogP contribution in [-0.4, -0.2) is 5.78 Å². The maximum absolute atomic E-state index is 12.7. The lowest BCUT2D eigenvalue weighted by Gasteiger charge is -2.53. The number of hydrogen-bond donors (Lipinski definition) is 0. The van der Waals surface area contributed by atoms with Crippen LogP contribution in [0.4, 0.5) is 0 Å². The summed E-state index contributed by atoms with van der Waals surface area (Å²) in [4.78, 5) is 12.7. The summed E-state index contributed by atoms with van der Waals surface area (Å²) in [6, 6.07) is 0. The second-order valence-electron chi connectivity index (χ2n) is 7.43. The van der Waals surface area contributed by atoms with Gasteiger partial charge in [0.15, 0.2) is 0 Å². The third-order valence-corrected chi connectivity index (χ3v) is 6.16. The van der Waals surface area contributed by atoms with Crippen molar-refractivity contribution >= 4 is 5.78 Å². The Kier molecular flexibility index (Phi) is 1.97. The highest BCUT2D eigenvalue weighted by Crippen LogP contribution is 2.68. The highest BCUT2D eigenvalue weighted by atomic mass is 16.1. The van der Waals surface area contributed by atoms with Crippen LogP contribution in [0.25, 0.3) is 0 Å². The van der Waals surface area contributed by atoms with Crippen molar-refractivity contribution in [1.29, 1.82) is 0 Å². The molecule has 90 valence electrons. The number of hydrogen-bond acceptors (Lipinski definition) is 1. The van der Waals surface area contributed by atoms with E-state index in [0.29, 0.717) is 11.7 Å². The molecule has 4 rings (SSSR count). The zero-order valence-corrected chi connectivity index (χ0v) is 11.0. The molecule has 4 saturated carbocycles. The van der Waals surface area contributed by atoms with E-state index in [-0.39, 0.29) is 10.8 Å². The van der Waals surface area contributed by atoms with Gasteiger partial charge in [0.05, 0.1) is 0 Å². The summed E-state index contributed by atoms with van der Waals surface area (Å²) < 4.78 is 0. The Balaban J connectivity index is 2.05. The quantitative estimate of drug-likeness (QED) is 0.659. The molecule has 5 atom stereocenters. The molecular weight excluding hydrogens is 196 g/mol. The van der Waals surface area contributed by atoms with E-state index in [1.807, 2.05) is 0 Å². The summed E-state index contributed by atoms with van der Waals surface area (Å²) in [7, 11) is 0. The Hall–Kier alpha value is -0.330. The van der Waals surface area contributed by atoms with Gasteiger partial charge in [-0.1, -0.05) is 27.7 Å². The third-order valence-electron chi connectivity index (χ3n) is 6.16. The van der Waals surface area contributed by atoms with Gasteiger partial charge in [-0.3, -0.25) is 4.79 Å². The standard InChI is InChI=1S/C15H24O/c1-9(2)10-8-15(4)12-5-6-14(3,13(15)16)7-11(10)12/h9-12H,5-8H2,1-4H3/t10-,11+,12+,14-,15-/m0/s1. The molecule has 0 N–H and O–H groups in total. The molecule has 0 aromatic carbocycles. The maximum Gasteiger partial charge on any atom is 0.144 e. The molecule has 0 radical (unpaired) electrons. The molecule has 4 bridgehead atoms. The van der Waals surface area contributed by atoms with E-state index in [9.17, 15) is 4.79 Å². The molecule has 0 aliphatic heterocycles. The van der Waals surface area contributed by atoms with E-state index in [4.69, 9.17) is 0 Å². The zero-order chi connectivity index (χ0) is 11.7. The summed E-state index contributed by atoms with van der Waals surface area (Å²) in [6.45, 7) is 9.19. The molecule has 0 saturated heterocycles. The van der Waals surface area contributed by atoms with Crippen molar-refractivity contribution in [3.8, 4) is 0 Å². The number of Topliss-reactive ketones (excluding diaryl/α,β-unsaturated/α-hetero) is 1. The van der Waals surface area contributed by atoms with Crippen molar-refractivity contribution in [2.24, 2.45) is 34.5 Å². The fourth-order valence-corrected chi connectivity index (χ4v) is 5.37. The van der Waals surface area contributed by atoms with Crippen LogP contribution in [0.5, 0.6) is 0 Å². The van der Waals surface area contributed by atoms with Gasteiger partial charge >= 0.3 is 0 Å². The third kappa shape index (κ3) is 1.05. The Morgan fingerprint density at radius 1 is 1.25 bits per heavy atom. The van der Waals surface area contributed by atoms with Crippen molar-refractivity contribution in [3.05, 3.63) is 0 Å². The van der Waals surface area contributed by atoms with Crippen molar-refractivity contribution < 1.29 is 4.79 Å². The summed E-state index contributed by atoms with van der Waals surface area (Å²) in [5, 5.41) is 0. The van der Waals surface area contributed by atoms with Gasteiger partial charge in [-0.05, 0) is 49.4 Å². The molecule has 16 heavy (non-hydrogen) atoms. The van der Waals surface area contributed by atoms with Gasteiger partial charge in [-0.15, -0.1) is 0 Å². The monoisotopic (exact) mass is 220 g/mol. The highest BCUT2D eigenvalue weighted by Gasteiger charge is 2.66. The number of carbonyl (C=O) groups is 1. The van der Waals surface area contributed by atoms with Gasteiger partial charge < -0.3 is 0 Å². The van der Waals surface area contributed by atoms with Gasteiger partial charge in [0, 0.05) is 10.8 Å². The van der Waals surface area contributed by atoms with Crippen LogP contribution in [0.15, 0.2) is 0 Å². The molecule has 0 amide bonds. The summed E-state index contributed by atoms with van der Waals surface area (Å²) in [5.41, 5.74) is 0.0860. The van der Waals surface area contributed by atoms with E-state index in [1.54, 1.807) is 0 Å². The fourth-order valence-electron chi connectivity index (χ4n) is 5.37. The molecule has 0 aromatic rings. The number of fused-ring (bicyclic) bond motifs is 1. The lowest BCUT2D eigenvalue weighted by Crippen LogP contribution is -2.53. The summed E-state index contributed by atoms with van der Waals surface area (Å²) in [5.74, 6) is 3.73. The number of carbonyl (C=O) groups excluding carboxylic acids is 1. The Morgan fingerprint density at radius 2 is 1.94 bits per heavy atom. The largest absolute Gasteiger partial charge is 0.298 e. The van der Waals surface area contributed by atoms with Crippen LogP contribution in [0.2, 0.25) is 0 Å². The first-order valence-corrected chi connectivity index (χ1v) is 6.93. The second-order valence-corrected chi connectivity index (χ2v) is 7.43. The van der Waals surface area contributed by atoms with Crippen LogP contribution in [0.3, 0.4) is 0 Å². The minimum Gasteiger partial charge on any atom is -0.298 e. The van der Waals surface area contributed by atoms with Crippen LogP contribution in [0, 0.1) is 34.5 Å². The Bertz CT molecular complexity index is 345. The van der Waals surface area contributed by atoms with Gasteiger partial charge in [0.1, 0.15) is 5.78 Å². The smallest absolute Gasteiger partial charge is 0.144 e. The number of rotatable bonds is 1. The van der Waals surface area contributed by atoms with Crippen molar-refractivity contribution in [3.63, 3.8) is 0 Å². The van der Waals surface area contributed by atoms with Gasteiger partial charge in [-0.2, -0.15) is 0 Å². The lowest BCUT2D eigenvalue weighted by molar-refractivity contribution is -0.154. The fraction of sp³-hybridized carbons (Fsp3) is 0.933. The molecule has 0 spiro atoms. The Morgan fingerprint density at radius 3 is 2.56 bits per heavy atom. The minimum atomic E-state index is 0.0395. The van der Waals surface area contributed by atoms with E-state index >= 15 is 0 Å². The lowest BCUT2D eigenvalue weighted by atomic mass is 9.50.